The number of hydrogen-bond donors (Lipinski definition) is 1. The molecule has 3 rings (SSSR count). The molecular weight excluding hydrogens is 334 g/mol. The number of amides is 1. The Hall–Kier alpha value is -1.96. The van der Waals surface area contributed by atoms with Crippen LogP contribution in [0.1, 0.15) is 38.4 Å². The van der Waals surface area contributed by atoms with Crippen molar-refractivity contribution < 1.29 is 13.6 Å². The van der Waals surface area contributed by atoms with E-state index in [9.17, 15) is 13.6 Å². The molecule has 5 nitrogen and oxygen atoms in total. The quantitative estimate of drug-likeness (QED) is 0.808. The highest BCUT2D eigenvalue weighted by Crippen LogP contribution is 2.40. The molecule has 0 aliphatic heterocycles. The van der Waals surface area contributed by atoms with Gasteiger partial charge in [-0.05, 0) is 38.8 Å². The Labute approximate surface area is 142 Å². The molecule has 1 aromatic carbocycles. The summed E-state index contributed by atoms with van der Waals surface area (Å²) in [4.78, 5) is 12.3. The van der Waals surface area contributed by atoms with Crippen molar-refractivity contribution in [3.8, 4) is 0 Å². The van der Waals surface area contributed by atoms with E-state index in [1.54, 1.807) is 6.92 Å². The highest BCUT2D eigenvalue weighted by atomic mass is 32.2. The van der Waals surface area contributed by atoms with Crippen LogP contribution < -0.4 is 5.32 Å². The number of thioether (sulfide) groups is 1. The van der Waals surface area contributed by atoms with Crippen LogP contribution in [0.5, 0.6) is 0 Å². The van der Waals surface area contributed by atoms with Crippen LogP contribution in [-0.4, -0.2) is 25.9 Å². The summed E-state index contributed by atoms with van der Waals surface area (Å²) in [5, 5.41) is 11.1. The number of hydrogen-bond acceptors (Lipinski definition) is 4. The summed E-state index contributed by atoms with van der Waals surface area (Å²) in [6.07, 6.45) is 2.26. The van der Waals surface area contributed by atoms with Crippen LogP contribution in [-0.2, 0) is 11.3 Å². The third kappa shape index (κ3) is 3.58. The van der Waals surface area contributed by atoms with Gasteiger partial charge in [0.25, 0.3) is 0 Å². The highest BCUT2D eigenvalue weighted by Gasteiger charge is 2.30. The Balaban J connectivity index is 1.68. The van der Waals surface area contributed by atoms with Crippen molar-refractivity contribution in [3.05, 3.63) is 35.7 Å². The summed E-state index contributed by atoms with van der Waals surface area (Å²) in [5.74, 6) is -0.407. The average Bonchev–Trinajstić information content (AvgIpc) is 3.31. The second-order valence-corrected chi connectivity index (χ2v) is 7.04. The van der Waals surface area contributed by atoms with E-state index in [0.717, 1.165) is 37.3 Å². The van der Waals surface area contributed by atoms with Gasteiger partial charge in [-0.25, -0.2) is 8.78 Å². The van der Waals surface area contributed by atoms with E-state index in [1.165, 1.54) is 17.8 Å². The van der Waals surface area contributed by atoms with Gasteiger partial charge in [0.05, 0.1) is 10.9 Å². The summed E-state index contributed by atoms with van der Waals surface area (Å²) < 4.78 is 28.6. The highest BCUT2D eigenvalue weighted by molar-refractivity contribution is 8.00. The van der Waals surface area contributed by atoms with Crippen molar-refractivity contribution in [3.63, 3.8) is 0 Å². The molecule has 1 aromatic heterocycles. The van der Waals surface area contributed by atoms with Gasteiger partial charge in [0.2, 0.25) is 5.91 Å². The molecule has 1 saturated carbocycles. The Kier molecular flexibility index (Phi) is 4.84. The number of anilines is 1. The standard InChI is InChI=1S/C16H18F2N4OS/c1-3-22-14(10-4-5-10)20-21-16(22)24-9(2)15(23)19-13-7-6-11(17)8-12(13)18/h6-10H,3-5H2,1-2H3,(H,19,23)/t9-/m1/s1. The van der Waals surface area contributed by atoms with Gasteiger partial charge < -0.3 is 9.88 Å². The molecule has 0 unspecified atom stereocenters. The van der Waals surface area contributed by atoms with Gasteiger partial charge in [-0.3, -0.25) is 4.79 Å². The number of carbonyl (C=O) groups excluding carboxylic acids is 1. The molecule has 1 aliphatic rings. The van der Waals surface area contributed by atoms with Gasteiger partial charge in [0.15, 0.2) is 5.16 Å². The maximum Gasteiger partial charge on any atom is 0.237 e. The number of nitrogens with one attached hydrogen (secondary N) is 1. The molecule has 8 heteroatoms. The molecule has 1 fully saturated rings. The Morgan fingerprint density at radius 2 is 2.17 bits per heavy atom. The molecule has 1 amide bonds. The minimum absolute atomic E-state index is 0.0375. The fraction of sp³-hybridized carbons (Fsp3) is 0.438. The number of aromatic nitrogens is 3. The summed E-state index contributed by atoms with van der Waals surface area (Å²) in [6.45, 7) is 4.47. The molecule has 0 radical (unpaired) electrons. The van der Waals surface area contributed by atoms with E-state index in [4.69, 9.17) is 0 Å². The van der Waals surface area contributed by atoms with Crippen LogP contribution in [0, 0.1) is 11.6 Å². The first-order valence-corrected chi connectivity index (χ1v) is 8.73. The Bertz CT molecular complexity index is 761. The predicted molar refractivity (Wildman–Crippen MR) is 88.0 cm³/mol. The van der Waals surface area contributed by atoms with E-state index in [2.05, 4.69) is 15.5 Å². The van der Waals surface area contributed by atoms with E-state index >= 15 is 0 Å². The number of halogens is 2. The number of rotatable bonds is 6. The summed E-state index contributed by atoms with van der Waals surface area (Å²) >= 11 is 1.28. The van der Waals surface area contributed by atoms with Crippen LogP contribution >= 0.6 is 11.8 Å². The van der Waals surface area contributed by atoms with Crippen molar-refractivity contribution >= 4 is 23.4 Å². The molecule has 1 aliphatic carbocycles. The lowest BCUT2D eigenvalue weighted by atomic mass is 10.3. The zero-order chi connectivity index (χ0) is 17.3. The van der Waals surface area contributed by atoms with Crippen LogP contribution in [0.2, 0.25) is 0 Å². The Morgan fingerprint density at radius 3 is 2.79 bits per heavy atom. The lowest BCUT2D eigenvalue weighted by Gasteiger charge is -2.13. The third-order valence-corrected chi connectivity index (χ3v) is 4.93. The lowest BCUT2D eigenvalue weighted by Crippen LogP contribution is -2.23. The van der Waals surface area contributed by atoms with Crippen molar-refractivity contribution in [2.75, 3.05) is 5.32 Å². The monoisotopic (exact) mass is 352 g/mol. The molecular formula is C16H18F2N4OS. The molecule has 24 heavy (non-hydrogen) atoms. The molecule has 0 bridgehead atoms. The van der Waals surface area contributed by atoms with Gasteiger partial charge in [-0.15, -0.1) is 10.2 Å². The van der Waals surface area contributed by atoms with Crippen molar-refractivity contribution in [2.45, 2.75) is 49.6 Å². The SMILES string of the molecule is CCn1c(S[C@H](C)C(=O)Nc2ccc(F)cc2F)nnc1C1CC1. The predicted octanol–water partition coefficient (Wildman–Crippen LogP) is 3.57. The summed E-state index contributed by atoms with van der Waals surface area (Å²) in [7, 11) is 0. The smallest absolute Gasteiger partial charge is 0.237 e. The largest absolute Gasteiger partial charge is 0.323 e. The fourth-order valence-corrected chi connectivity index (χ4v) is 3.28. The van der Waals surface area contributed by atoms with Gasteiger partial charge >= 0.3 is 0 Å². The van der Waals surface area contributed by atoms with E-state index in [1.807, 2.05) is 11.5 Å². The van der Waals surface area contributed by atoms with E-state index in [0.29, 0.717) is 11.1 Å². The van der Waals surface area contributed by atoms with Crippen molar-refractivity contribution in [1.82, 2.24) is 14.8 Å². The van der Waals surface area contributed by atoms with Crippen LogP contribution in [0.3, 0.4) is 0 Å². The molecule has 2 aromatic rings. The maximum absolute atomic E-state index is 13.6. The average molecular weight is 352 g/mol. The molecule has 0 saturated heterocycles. The van der Waals surface area contributed by atoms with Crippen LogP contribution in [0.15, 0.2) is 23.4 Å². The molecule has 1 N–H and O–H groups in total. The van der Waals surface area contributed by atoms with Gasteiger partial charge in [-0.2, -0.15) is 0 Å². The van der Waals surface area contributed by atoms with Crippen LogP contribution in [0.4, 0.5) is 14.5 Å². The normalized spacial score (nSPS) is 15.3. The first kappa shape index (κ1) is 16.9. The first-order valence-electron chi connectivity index (χ1n) is 7.85. The zero-order valence-electron chi connectivity index (χ0n) is 13.4. The minimum Gasteiger partial charge on any atom is -0.323 e. The first-order chi connectivity index (χ1) is 11.5. The summed E-state index contributed by atoms with van der Waals surface area (Å²) in [5.41, 5.74) is -0.0375. The number of benzene rings is 1. The van der Waals surface area contributed by atoms with Crippen molar-refractivity contribution in [1.29, 1.82) is 0 Å². The fourth-order valence-electron chi connectivity index (χ4n) is 2.36. The maximum atomic E-state index is 13.6. The molecule has 128 valence electrons. The molecule has 1 heterocycles. The minimum atomic E-state index is -0.798. The summed E-state index contributed by atoms with van der Waals surface area (Å²) in [6, 6.07) is 3.05. The molecule has 0 spiro atoms. The van der Waals surface area contributed by atoms with Gasteiger partial charge in [0.1, 0.15) is 17.5 Å². The topological polar surface area (TPSA) is 59.8 Å². The number of nitrogens with zero attached hydrogens (tertiary/aromatic N) is 3. The van der Waals surface area contributed by atoms with Crippen LogP contribution in [0.25, 0.3) is 0 Å². The zero-order valence-corrected chi connectivity index (χ0v) is 14.2. The van der Waals surface area contributed by atoms with E-state index < -0.39 is 16.9 Å². The van der Waals surface area contributed by atoms with Gasteiger partial charge in [0, 0.05) is 18.5 Å². The number of carbonyl (C=O) groups is 1. The lowest BCUT2D eigenvalue weighted by molar-refractivity contribution is -0.115. The second kappa shape index (κ2) is 6.88. The Morgan fingerprint density at radius 1 is 1.42 bits per heavy atom. The second-order valence-electron chi connectivity index (χ2n) is 5.73. The van der Waals surface area contributed by atoms with E-state index in [-0.39, 0.29) is 11.6 Å². The van der Waals surface area contributed by atoms with Gasteiger partial charge in [-0.1, -0.05) is 11.8 Å². The van der Waals surface area contributed by atoms with Crippen molar-refractivity contribution in [2.24, 2.45) is 0 Å². The molecule has 1 atom stereocenters. The third-order valence-electron chi connectivity index (χ3n) is 3.84.